The summed E-state index contributed by atoms with van der Waals surface area (Å²) in [5, 5.41) is 4.78. The van der Waals surface area contributed by atoms with Crippen LogP contribution in [-0.2, 0) is 22.3 Å². The molecule has 1 fully saturated rings. The zero-order chi connectivity index (χ0) is 20.8. The van der Waals surface area contributed by atoms with Gasteiger partial charge in [0, 0.05) is 0 Å². The molecular formula is C22H23N3O3S. The summed E-state index contributed by atoms with van der Waals surface area (Å²) in [4.78, 5) is 32.2. The number of oxazole rings is 1. The third-order valence-corrected chi connectivity index (χ3v) is 6.06. The van der Waals surface area contributed by atoms with Crippen LogP contribution in [0.1, 0.15) is 44.5 Å². The van der Waals surface area contributed by atoms with Crippen molar-refractivity contribution in [1.82, 2.24) is 15.2 Å². The number of nitrogens with one attached hydrogen (secondary N) is 1. The van der Waals surface area contributed by atoms with Crippen LogP contribution >= 0.6 is 11.3 Å². The van der Waals surface area contributed by atoms with Gasteiger partial charge in [0.2, 0.25) is 5.89 Å². The first-order valence-corrected chi connectivity index (χ1v) is 10.3. The van der Waals surface area contributed by atoms with Gasteiger partial charge in [0.1, 0.15) is 11.8 Å². The highest BCUT2D eigenvalue weighted by molar-refractivity contribution is 7.13. The lowest BCUT2D eigenvalue weighted by Gasteiger charge is -2.24. The third kappa shape index (κ3) is 3.46. The van der Waals surface area contributed by atoms with Gasteiger partial charge in [-0.25, -0.2) is 9.78 Å². The van der Waals surface area contributed by atoms with Gasteiger partial charge in [-0.2, -0.15) is 0 Å². The van der Waals surface area contributed by atoms with Crippen molar-refractivity contribution < 1.29 is 14.0 Å². The Morgan fingerprint density at radius 2 is 1.90 bits per heavy atom. The number of benzene rings is 1. The van der Waals surface area contributed by atoms with Crippen LogP contribution in [0.2, 0.25) is 0 Å². The number of urea groups is 1. The van der Waals surface area contributed by atoms with E-state index >= 15 is 0 Å². The number of hydrogen-bond donors (Lipinski definition) is 1. The van der Waals surface area contributed by atoms with E-state index in [1.54, 1.807) is 6.92 Å². The zero-order valence-corrected chi connectivity index (χ0v) is 17.7. The van der Waals surface area contributed by atoms with Crippen LogP contribution < -0.4 is 5.32 Å². The van der Waals surface area contributed by atoms with E-state index in [9.17, 15) is 9.59 Å². The molecule has 1 saturated heterocycles. The highest BCUT2D eigenvalue weighted by atomic mass is 32.1. The molecule has 1 aromatic carbocycles. The van der Waals surface area contributed by atoms with Crippen molar-refractivity contribution in [3.05, 3.63) is 64.9 Å². The van der Waals surface area contributed by atoms with Gasteiger partial charge in [0.25, 0.3) is 5.91 Å². The monoisotopic (exact) mass is 409 g/mol. The van der Waals surface area contributed by atoms with Gasteiger partial charge in [-0.15, -0.1) is 11.3 Å². The smallest absolute Gasteiger partial charge is 0.325 e. The number of rotatable bonds is 4. The van der Waals surface area contributed by atoms with Crippen molar-refractivity contribution >= 4 is 23.3 Å². The zero-order valence-electron chi connectivity index (χ0n) is 16.9. The van der Waals surface area contributed by atoms with Crippen molar-refractivity contribution in [3.63, 3.8) is 0 Å². The highest BCUT2D eigenvalue weighted by Crippen LogP contribution is 2.32. The van der Waals surface area contributed by atoms with E-state index < -0.39 is 11.6 Å². The second-order valence-corrected chi connectivity index (χ2v) is 9.34. The quantitative estimate of drug-likeness (QED) is 0.636. The fourth-order valence-corrected chi connectivity index (χ4v) is 4.05. The molecule has 0 spiro atoms. The highest BCUT2D eigenvalue weighted by Gasteiger charge is 2.49. The van der Waals surface area contributed by atoms with Gasteiger partial charge < -0.3 is 9.73 Å². The number of hydrogen-bond acceptors (Lipinski definition) is 5. The van der Waals surface area contributed by atoms with E-state index in [2.05, 4.69) is 31.1 Å². The summed E-state index contributed by atoms with van der Waals surface area (Å²) in [7, 11) is 0. The predicted molar refractivity (Wildman–Crippen MR) is 111 cm³/mol. The number of thiophene rings is 1. The van der Waals surface area contributed by atoms with Gasteiger partial charge in [0.05, 0.1) is 17.1 Å². The number of imide groups is 1. The Hall–Kier alpha value is -2.93. The molecule has 2 aromatic heterocycles. The molecule has 4 rings (SSSR count). The summed E-state index contributed by atoms with van der Waals surface area (Å²) in [5.74, 6) is 0.189. The summed E-state index contributed by atoms with van der Waals surface area (Å²) in [5.41, 5.74) is 1.37. The number of aromatic nitrogens is 1. The second-order valence-electron chi connectivity index (χ2n) is 8.40. The molecule has 29 heavy (non-hydrogen) atoms. The molecule has 0 saturated carbocycles. The Morgan fingerprint density at radius 3 is 2.52 bits per heavy atom. The molecule has 3 amide bonds. The SMILES string of the molecule is CC(C)(C)c1ccc([C@]2(C)NC(=O)N(Cc3coc(-c4cccs4)n3)C2=O)cc1. The number of carbonyl (C=O) groups excluding carboxylic acids is 2. The molecule has 6 nitrogen and oxygen atoms in total. The maximum absolute atomic E-state index is 13.1. The summed E-state index contributed by atoms with van der Waals surface area (Å²) < 4.78 is 5.50. The van der Waals surface area contributed by atoms with Crippen molar-refractivity contribution in [2.75, 3.05) is 0 Å². The predicted octanol–water partition coefficient (Wildman–Crippen LogP) is 4.67. The van der Waals surface area contributed by atoms with Gasteiger partial charge in [0.15, 0.2) is 0 Å². The maximum atomic E-state index is 13.1. The van der Waals surface area contributed by atoms with Crippen LogP contribution in [0.4, 0.5) is 4.79 Å². The molecule has 7 heteroatoms. The van der Waals surface area contributed by atoms with E-state index in [1.165, 1.54) is 28.1 Å². The Morgan fingerprint density at radius 1 is 1.17 bits per heavy atom. The lowest BCUT2D eigenvalue weighted by Crippen LogP contribution is -2.40. The Labute approximate surface area is 173 Å². The fraction of sp³-hybridized carbons (Fsp3) is 0.318. The largest absolute Gasteiger partial charge is 0.443 e. The second kappa shape index (κ2) is 6.84. The fourth-order valence-electron chi connectivity index (χ4n) is 3.39. The topological polar surface area (TPSA) is 75.4 Å². The summed E-state index contributed by atoms with van der Waals surface area (Å²) in [6.45, 7) is 8.21. The average Bonchev–Trinajstić information content (AvgIpc) is 3.39. The molecule has 1 N–H and O–H groups in total. The van der Waals surface area contributed by atoms with Crippen LogP contribution in [0, 0.1) is 0 Å². The molecule has 0 bridgehead atoms. The molecular weight excluding hydrogens is 386 g/mol. The first kappa shape index (κ1) is 19.4. The summed E-state index contributed by atoms with van der Waals surface area (Å²) >= 11 is 1.52. The van der Waals surface area contributed by atoms with Crippen molar-refractivity contribution in [1.29, 1.82) is 0 Å². The van der Waals surface area contributed by atoms with Gasteiger partial charge >= 0.3 is 6.03 Å². The van der Waals surface area contributed by atoms with E-state index in [1.807, 2.05) is 41.8 Å². The molecule has 1 aliphatic heterocycles. The molecule has 3 heterocycles. The first-order chi connectivity index (χ1) is 13.7. The average molecular weight is 410 g/mol. The number of nitrogens with zero attached hydrogens (tertiary/aromatic N) is 2. The standard InChI is InChI=1S/C22H23N3O3S/c1-21(2,3)14-7-9-15(10-8-14)22(4)19(26)25(20(27)24-22)12-16-13-28-18(23-16)17-6-5-11-29-17/h5-11,13H,12H2,1-4H3,(H,24,27)/t22-/m0/s1. The van der Waals surface area contributed by atoms with Gasteiger partial charge in [-0.3, -0.25) is 9.69 Å². The summed E-state index contributed by atoms with van der Waals surface area (Å²) in [6, 6.07) is 11.2. The van der Waals surface area contributed by atoms with Crippen LogP contribution in [0.15, 0.2) is 52.5 Å². The minimum Gasteiger partial charge on any atom is -0.443 e. The molecule has 0 radical (unpaired) electrons. The summed E-state index contributed by atoms with van der Waals surface area (Å²) in [6.07, 6.45) is 1.49. The lowest BCUT2D eigenvalue weighted by atomic mass is 9.84. The minimum atomic E-state index is -1.10. The lowest BCUT2D eigenvalue weighted by molar-refractivity contribution is -0.131. The molecule has 1 atom stereocenters. The Kier molecular flexibility index (Phi) is 4.58. The van der Waals surface area contributed by atoms with Crippen LogP contribution in [0.3, 0.4) is 0 Å². The van der Waals surface area contributed by atoms with Crippen molar-refractivity contribution in [2.24, 2.45) is 0 Å². The molecule has 0 aliphatic carbocycles. The van der Waals surface area contributed by atoms with E-state index in [4.69, 9.17) is 4.42 Å². The maximum Gasteiger partial charge on any atom is 0.325 e. The van der Waals surface area contributed by atoms with Crippen LogP contribution in [0.25, 0.3) is 10.8 Å². The third-order valence-electron chi connectivity index (χ3n) is 5.21. The van der Waals surface area contributed by atoms with E-state index in [-0.39, 0.29) is 17.9 Å². The molecule has 3 aromatic rings. The normalized spacial score (nSPS) is 19.7. The Bertz CT molecular complexity index is 1050. The van der Waals surface area contributed by atoms with E-state index in [0.29, 0.717) is 11.6 Å². The molecule has 150 valence electrons. The minimum absolute atomic E-state index is 0.0155. The van der Waals surface area contributed by atoms with Crippen LogP contribution in [-0.4, -0.2) is 21.8 Å². The first-order valence-electron chi connectivity index (χ1n) is 9.42. The molecule has 0 unspecified atom stereocenters. The van der Waals surface area contributed by atoms with E-state index in [0.717, 1.165) is 10.4 Å². The molecule has 1 aliphatic rings. The van der Waals surface area contributed by atoms with Crippen molar-refractivity contribution in [2.45, 2.75) is 45.2 Å². The number of amides is 3. The van der Waals surface area contributed by atoms with Gasteiger partial charge in [-0.05, 0) is 34.9 Å². The van der Waals surface area contributed by atoms with Crippen LogP contribution in [0.5, 0.6) is 0 Å². The van der Waals surface area contributed by atoms with Gasteiger partial charge in [-0.1, -0.05) is 51.1 Å². The van der Waals surface area contributed by atoms with Crippen molar-refractivity contribution in [3.8, 4) is 10.8 Å². The number of carbonyl (C=O) groups is 2. The Balaban J connectivity index is 1.55.